The minimum atomic E-state index is -0.0638. The number of aryl methyl sites for hydroxylation is 3. The van der Waals surface area contributed by atoms with Crippen LogP contribution in [0.25, 0.3) is 5.69 Å². The molecule has 0 bridgehead atoms. The Labute approximate surface area is 195 Å². The molecule has 2 aromatic heterocycles. The van der Waals surface area contributed by atoms with Gasteiger partial charge in [0.15, 0.2) is 5.13 Å². The zero-order valence-electron chi connectivity index (χ0n) is 18.7. The van der Waals surface area contributed by atoms with Crippen LogP contribution in [0.15, 0.2) is 46.9 Å². The van der Waals surface area contributed by atoms with Crippen LogP contribution in [0.1, 0.15) is 34.9 Å². The van der Waals surface area contributed by atoms with Crippen molar-refractivity contribution in [1.29, 1.82) is 0 Å². The Hall–Kier alpha value is -3.04. The molecule has 4 aromatic rings. The van der Waals surface area contributed by atoms with Crippen LogP contribution in [0.5, 0.6) is 0 Å². The van der Waals surface area contributed by atoms with Crippen LogP contribution in [0.4, 0.5) is 10.8 Å². The minimum Gasteiger partial charge on any atom is -0.274 e. The summed E-state index contributed by atoms with van der Waals surface area (Å²) in [6, 6.07) is 12.2. The SMILES string of the molecule is CC(=O)N(c1nc(CSc2nnnn2-c2ccc(C)cc2C)cs1)c1cccc(C)c1C. The number of aromatic nitrogens is 5. The number of thioether (sulfide) groups is 1. The summed E-state index contributed by atoms with van der Waals surface area (Å²) in [4.78, 5) is 18.9. The molecule has 32 heavy (non-hydrogen) atoms. The molecule has 164 valence electrons. The topological polar surface area (TPSA) is 76.8 Å². The van der Waals surface area contributed by atoms with Gasteiger partial charge in [0.2, 0.25) is 11.1 Å². The van der Waals surface area contributed by atoms with Crippen LogP contribution in [-0.4, -0.2) is 31.1 Å². The van der Waals surface area contributed by atoms with Gasteiger partial charge >= 0.3 is 0 Å². The lowest BCUT2D eigenvalue weighted by molar-refractivity contribution is -0.115. The molecule has 0 aliphatic heterocycles. The molecular weight excluding hydrogens is 440 g/mol. The average molecular weight is 465 g/mol. The number of tetrazole rings is 1. The predicted molar refractivity (Wildman–Crippen MR) is 129 cm³/mol. The van der Waals surface area contributed by atoms with Crippen molar-refractivity contribution in [3.05, 3.63) is 69.7 Å². The second-order valence-corrected chi connectivity index (χ2v) is 9.43. The molecule has 9 heteroatoms. The summed E-state index contributed by atoms with van der Waals surface area (Å²) in [5, 5.41) is 15.6. The fourth-order valence-electron chi connectivity index (χ4n) is 3.45. The number of hydrogen-bond acceptors (Lipinski definition) is 7. The third-order valence-electron chi connectivity index (χ3n) is 5.23. The van der Waals surface area contributed by atoms with Crippen molar-refractivity contribution in [2.45, 2.75) is 45.5 Å². The number of nitrogens with zero attached hydrogens (tertiary/aromatic N) is 6. The highest BCUT2D eigenvalue weighted by atomic mass is 32.2. The third kappa shape index (κ3) is 4.44. The molecule has 0 unspecified atom stereocenters. The van der Waals surface area contributed by atoms with E-state index in [2.05, 4.69) is 41.5 Å². The Kier molecular flexibility index (Phi) is 6.38. The van der Waals surface area contributed by atoms with Crippen molar-refractivity contribution in [1.82, 2.24) is 25.2 Å². The van der Waals surface area contributed by atoms with E-state index in [9.17, 15) is 4.79 Å². The Morgan fingerprint density at radius 1 is 1.12 bits per heavy atom. The van der Waals surface area contributed by atoms with Gasteiger partial charge in [0.1, 0.15) is 0 Å². The summed E-state index contributed by atoms with van der Waals surface area (Å²) in [7, 11) is 0. The Balaban J connectivity index is 1.55. The standard InChI is InChI=1S/C23H24N6OS2/c1-14-9-10-20(16(3)11-14)29-23(25-26-27-29)32-13-19-12-31-22(24-19)28(18(5)30)21-8-6-7-15(2)17(21)4/h6-12H,13H2,1-5H3. The molecule has 0 saturated carbocycles. The number of amides is 1. The van der Waals surface area contributed by atoms with Crippen LogP contribution >= 0.6 is 23.1 Å². The van der Waals surface area contributed by atoms with Crippen molar-refractivity contribution >= 4 is 39.8 Å². The molecular formula is C23H24N6OS2. The van der Waals surface area contributed by atoms with Gasteiger partial charge in [0.25, 0.3) is 0 Å². The molecule has 0 spiro atoms. The average Bonchev–Trinajstić information content (AvgIpc) is 3.39. The minimum absolute atomic E-state index is 0.0638. The van der Waals surface area contributed by atoms with E-state index in [1.807, 2.05) is 43.5 Å². The van der Waals surface area contributed by atoms with Crippen molar-refractivity contribution in [3.63, 3.8) is 0 Å². The highest BCUT2D eigenvalue weighted by Gasteiger charge is 2.21. The van der Waals surface area contributed by atoms with Crippen molar-refractivity contribution in [3.8, 4) is 5.69 Å². The van der Waals surface area contributed by atoms with Gasteiger partial charge in [-0.25, -0.2) is 4.98 Å². The summed E-state index contributed by atoms with van der Waals surface area (Å²) in [6.07, 6.45) is 0. The molecule has 1 amide bonds. The van der Waals surface area contributed by atoms with E-state index in [0.717, 1.165) is 33.8 Å². The van der Waals surface area contributed by atoms with E-state index < -0.39 is 0 Å². The Morgan fingerprint density at radius 2 is 1.94 bits per heavy atom. The first-order chi connectivity index (χ1) is 15.3. The van der Waals surface area contributed by atoms with E-state index in [4.69, 9.17) is 4.98 Å². The first kappa shape index (κ1) is 22.2. The van der Waals surface area contributed by atoms with Gasteiger partial charge < -0.3 is 0 Å². The van der Waals surface area contributed by atoms with Crippen molar-refractivity contribution in [2.24, 2.45) is 0 Å². The fraction of sp³-hybridized carbons (Fsp3) is 0.261. The van der Waals surface area contributed by atoms with Gasteiger partial charge in [0.05, 0.1) is 17.1 Å². The first-order valence-electron chi connectivity index (χ1n) is 10.1. The first-order valence-corrected chi connectivity index (χ1v) is 12.0. The van der Waals surface area contributed by atoms with Gasteiger partial charge in [-0.05, 0) is 66.9 Å². The molecule has 0 aliphatic carbocycles. The summed E-state index contributed by atoms with van der Waals surface area (Å²) < 4.78 is 1.75. The molecule has 0 fully saturated rings. The maximum absolute atomic E-state index is 12.5. The molecule has 0 aliphatic rings. The van der Waals surface area contributed by atoms with E-state index in [0.29, 0.717) is 16.0 Å². The number of carbonyl (C=O) groups excluding carboxylic acids is 1. The van der Waals surface area contributed by atoms with Crippen LogP contribution in [0.2, 0.25) is 0 Å². The van der Waals surface area contributed by atoms with E-state index in [1.165, 1.54) is 28.7 Å². The number of carbonyl (C=O) groups is 1. The third-order valence-corrected chi connectivity index (χ3v) is 7.06. The molecule has 2 heterocycles. The fourth-order valence-corrected chi connectivity index (χ4v) is 5.21. The molecule has 0 radical (unpaired) electrons. The Morgan fingerprint density at radius 3 is 2.69 bits per heavy atom. The predicted octanol–water partition coefficient (Wildman–Crippen LogP) is 5.33. The lowest BCUT2D eigenvalue weighted by atomic mass is 10.1. The van der Waals surface area contributed by atoms with E-state index in [1.54, 1.807) is 16.5 Å². The number of rotatable bonds is 6. The Bertz CT molecular complexity index is 1280. The van der Waals surface area contributed by atoms with Gasteiger partial charge in [-0.2, -0.15) is 4.68 Å². The second-order valence-electron chi connectivity index (χ2n) is 7.65. The monoisotopic (exact) mass is 464 g/mol. The van der Waals surface area contributed by atoms with Crippen LogP contribution in [0.3, 0.4) is 0 Å². The van der Waals surface area contributed by atoms with Gasteiger partial charge in [-0.1, -0.05) is 41.6 Å². The smallest absolute Gasteiger partial charge is 0.230 e. The van der Waals surface area contributed by atoms with Crippen LogP contribution in [-0.2, 0) is 10.5 Å². The van der Waals surface area contributed by atoms with Crippen LogP contribution in [0, 0.1) is 27.7 Å². The summed E-state index contributed by atoms with van der Waals surface area (Å²) >= 11 is 2.98. The zero-order valence-corrected chi connectivity index (χ0v) is 20.3. The lowest BCUT2D eigenvalue weighted by Gasteiger charge is -2.21. The number of benzene rings is 2. The van der Waals surface area contributed by atoms with Crippen molar-refractivity contribution in [2.75, 3.05) is 4.90 Å². The number of hydrogen-bond donors (Lipinski definition) is 0. The second kappa shape index (κ2) is 9.22. The number of anilines is 2. The van der Waals surface area contributed by atoms with Gasteiger partial charge in [0, 0.05) is 18.1 Å². The zero-order chi connectivity index (χ0) is 22.8. The molecule has 0 N–H and O–H groups in total. The highest BCUT2D eigenvalue weighted by Crippen LogP contribution is 2.34. The molecule has 0 saturated heterocycles. The molecule has 4 rings (SSSR count). The van der Waals surface area contributed by atoms with Crippen molar-refractivity contribution < 1.29 is 4.79 Å². The highest BCUT2D eigenvalue weighted by molar-refractivity contribution is 7.98. The largest absolute Gasteiger partial charge is 0.274 e. The van der Waals surface area contributed by atoms with E-state index >= 15 is 0 Å². The summed E-state index contributed by atoms with van der Waals surface area (Å²) in [5.41, 5.74) is 7.22. The molecule has 7 nitrogen and oxygen atoms in total. The summed E-state index contributed by atoms with van der Waals surface area (Å²) in [5.74, 6) is 0.534. The lowest BCUT2D eigenvalue weighted by Crippen LogP contribution is -2.23. The van der Waals surface area contributed by atoms with E-state index in [-0.39, 0.29) is 5.91 Å². The maximum atomic E-state index is 12.5. The van der Waals surface area contributed by atoms with Gasteiger partial charge in [-0.3, -0.25) is 9.69 Å². The van der Waals surface area contributed by atoms with Gasteiger partial charge in [-0.15, -0.1) is 16.4 Å². The quantitative estimate of drug-likeness (QED) is 0.359. The molecule has 0 atom stereocenters. The molecule has 2 aromatic carbocycles. The maximum Gasteiger partial charge on any atom is 0.230 e. The number of thiazole rings is 1. The normalized spacial score (nSPS) is 11.0. The summed E-state index contributed by atoms with van der Waals surface area (Å²) in [6.45, 7) is 9.75. The van der Waals surface area contributed by atoms with Crippen LogP contribution < -0.4 is 4.90 Å².